The van der Waals surface area contributed by atoms with E-state index in [2.05, 4.69) is 20.9 Å². The molecule has 0 aliphatic rings. The first-order valence-electron chi connectivity index (χ1n) is 14.2. The number of nitrogens with one attached hydrogen (secondary N) is 4. The first-order chi connectivity index (χ1) is 20.7. The third-order valence-electron chi connectivity index (χ3n) is 6.27. The third-order valence-corrected chi connectivity index (χ3v) is 6.27. The molecule has 10 heteroatoms. The van der Waals surface area contributed by atoms with Crippen molar-refractivity contribution in [1.29, 1.82) is 0 Å². The van der Waals surface area contributed by atoms with Crippen molar-refractivity contribution in [1.82, 2.24) is 20.9 Å². The van der Waals surface area contributed by atoms with Gasteiger partial charge in [0.05, 0.1) is 19.3 Å². The molecule has 0 bridgehead atoms. The Labute approximate surface area is 251 Å². The Balaban J connectivity index is 1.39. The van der Waals surface area contributed by atoms with E-state index in [1.165, 1.54) is 0 Å². The molecule has 4 aromatic rings. The lowest BCUT2D eigenvalue weighted by Gasteiger charge is -2.21. The van der Waals surface area contributed by atoms with Gasteiger partial charge in [-0.2, -0.15) is 0 Å². The van der Waals surface area contributed by atoms with Gasteiger partial charge in [0.1, 0.15) is 17.9 Å². The number of alkyl carbamates (subject to hydrolysis) is 2. The van der Waals surface area contributed by atoms with Gasteiger partial charge in [-0.25, -0.2) is 9.59 Å². The van der Waals surface area contributed by atoms with Crippen LogP contribution in [0.2, 0.25) is 0 Å². The number of ether oxygens (including phenoxy) is 3. The van der Waals surface area contributed by atoms with Gasteiger partial charge in [0.25, 0.3) is 5.91 Å². The number of fused-ring (bicyclic) bond motifs is 1. The fourth-order valence-corrected chi connectivity index (χ4v) is 4.37. The highest BCUT2D eigenvalue weighted by Gasteiger charge is 2.21. The number of aromatic amines is 1. The fourth-order valence-electron chi connectivity index (χ4n) is 4.37. The smallest absolute Gasteiger partial charge is 0.407 e. The molecule has 0 unspecified atom stereocenters. The highest BCUT2D eigenvalue weighted by molar-refractivity contribution is 6.09. The topological polar surface area (TPSA) is 131 Å². The highest BCUT2D eigenvalue weighted by atomic mass is 16.6. The number of hydrogen-bond donors (Lipinski definition) is 4. The first kappa shape index (κ1) is 31.1. The molecule has 1 aromatic heterocycles. The third kappa shape index (κ3) is 9.61. The SMILES string of the molecule is CC(C)(C)OC(=O)NCCOC[C@@H](CNC(=O)c1[nH]c2ccccc2c1-c1ccccc1)NC(=O)OCc1ccccc1. The minimum atomic E-state index is -0.644. The average molecular weight is 587 g/mol. The van der Waals surface area contributed by atoms with E-state index < -0.39 is 23.8 Å². The van der Waals surface area contributed by atoms with E-state index in [0.717, 1.165) is 27.6 Å². The highest BCUT2D eigenvalue weighted by Crippen LogP contribution is 2.32. The van der Waals surface area contributed by atoms with Gasteiger partial charge in [-0.1, -0.05) is 78.9 Å². The zero-order chi connectivity index (χ0) is 30.7. The molecule has 0 spiro atoms. The molecular formula is C33H38N4O6. The average Bonchev–Trinajstić information content (AvgIpc) is 3.38. The summed E-state index contributed by atoms with van der Waals surface area (Å²) in [5, 5.41) is 9.25. The van der Waals surface area contributed by atoms with Crippen molar-refractivity contribution in [3.63, 3.8) is 0 Å². The van der Waals surface area contributed by atoms with Crippen LogP contribution in [0.15, 0.2) is 84.9 Å². The molecule has 0 aliphatic heterocycles. The van der Waals surface area contributed by atoms with Gasteiger partial charge < -0.3 is 35.1 Å². The normalized spacial score (nSPS) is 11.9. The van der Waals surface area contributed by atoms with Crippen molar-refractivity contribution >= 4 is 29.0 Å². The lowest BCUT2D eigenvalue weighted by molar-refractivity contribution is 0.0490. The predicted molar refractivity (Wildman–Crippen MR) is 165 cm³/mol. The van der Waals surface area contributed by atoms with Gasteiger partial charge in [0.2, 0.25) is 0 Å². The van der Waals surface area contributed by atoms with Crippen molar-refractivity contribution in [3.05, 3.63) is 96.2 Å². The van der Waals surface area contributed by atoms with E-state index in [4.69, 9.17) is 14.2 Å². The minimum absolute atomic E-state index is 0.0644. The Morgan fingerprint density at radius 2 is 1.51 bits per heavy atom. The summed E-state index contributed by atoms with van der Waals surface area (Å²) in [6, 6.07) is 26.1. The lowest BCUT2D eigenvalue weighted by atomic mass is 10.0. The van der Waals surface area contributed by atoms with Crippen molar-refractivity contribution in [2.24, 2.45) is 0 Å². The maximum absolute atomic E-state index is 13.5. The molecule has 4 N–H and O–H groups in total. The zero-order valence-corrected chi connectivity index (χ0v) is 24.6. The van der Waals surface area contributed by atoms with Crippen LogP contribution in [-0.4, -0.2) is 61.0 Å². The summed E-state index contributed by atoms with van der Waals surface area (Å²) in [4.78, 5) is 41.2. The predicted octanol–water partition coefficient (Wildman–Crippen LogP) is 5.40. The van der Waals surface area contributed by atoms with Crippen LogP contribution < -0.4 is 16.0 Å². The molecule has 4 rings (SSSR count). The number of hydrogen-bond acceptors (Lipinski definition) is 6. The second kappa shape index (κ2) is 14.9. The quantitative estimate of drug-likeness (QED) is 0.165. The fraction of sp³-hybridized carbons (Fsp3) is 0.303. The Kier molecular flexibility index (Phi) is 10.8. The summed E-state index contributed by atoms with van der Waals surface area (Å²) < 4.78 is 16.3. The zero-order valence-electron chi connectivity index (χ0n) is 24.6. The van der Waals surface area contributed by atoms with Crippen LogP contribution in [0.1, 0.15) is 36.8 Å². The summed E-state index contributed by atoms with van der Waals surface area (Å²) in [6.45, 7) is 5.96. The number of para-hydroxylation sites is 1. The molecule has 0 fully saturated rings. The van der Waals surface area contributed by atoms with E-state index in [9.17, 15) is 14.4 Å². The molecule has 3 amide bonds. The van der Waals surface area contributed by atoms with Crippen LogP contribution in [0.25, 0.3) is 22.0 Å². The summed E-state index contributed by atoms with van der Waals surface area (Å²) in [7, 11) is 0. The first-order valence-corrected chi connectivity index (χ1v) is 14.2. The largest absolute Gasteiger partial charge is 0.445 e. The second-order valence-electron chi connectivity index (χ2n) is 10.9. The van der Waals surface area contributed by atoms with Gasteiger partial charge in [-0.3, -0.25) is 4.79 Å². The lowest BCUT2D eigenvalue weighted by Crippen LogP contribution is -2.47. The summed E-state index contributed by atoms with van der Waals surface area (Å²) >= 11 is 0. The molecule has 0 saturated carbocycles. The van der Waals surface area contributed by atoms with E-state index >= 15 is 0 Å². The Morgan fingerprint density at radius 3 is 2.23 bits per heavy atom. The molecule has 226 valence electrons. The Hall–Kier alpha value is -4.83. The van der Waals surface area contributed by atoms with E-state index in [-0.39, 0.29) is 38.8 Å². The summed E-state index contributed by atoms with van der Waals surface area (Å²) in [5.74, 6) is -0.328. The molecule has 43 heavy (non-hydrogen) atoms. The summed E-state index contributed by atoms with van der Waals surface area (Å²) in [6.07, 6.45) is -1.19. The number of benzene rings is 3. The monoisotopic (exact) mass is 586 g/mol. The van der Waals surface area contributed by atoms with Crippen molar-refractivity contribution in [2.45, 2.75) is 39.0 Å². The number of aromatic nitrogens is 1. The second-order valence-corrected chi connectivity index (χ2v) is 10.9. The molecule has 3 aromatic carbocycles. The molecule has 0 radical (unpaired) electrons. The molecule has 10 nitrogen and oxygen atoms in total. The van der Waals surface area contributed by atoms with Crippen LogP contribution >= 0.6 is 0 Å². The van der Waals surface area contributed by atoms with Crippen LogP contribution in [-0.2, 0) is 20.8 Å². The Morgan fingerprint density at radius 1 is 0.837 bits per heavy atom. The van der Waals surface area contributed by atoms with Crippen LogP contribution in [0.3, 0.4) is 0 Å². The van der Waals surface area contributed by atoms with E-state index in [1.807, 2.05) is 84.9 Å². The number of amides is 3. The molecule has 1 heterocycles. The van der Waals surface area contributed by atoms with Gasteiger partial charge in [-0.05, 0) is 38.0 Å². The van der Waals surface area contributed by atoms with Crippen molar-refractivity contribution < 1.29 is 28.6 Å². The summed E-state index contributed by atoms with van der Waals surface area (Å²) in [5.41, 5.74) is 3.20. The van der Waals surface area contributed by atoms with Gasteiger partial charge in [-0.15, -0.1) is 0 Å². The molecule has 0 saturated heterocycles. The number of carbonyl (C=O) groups excluding carboxylic acids is 3. The maximum Gasteiger partial charge on any atom is 0.407 e. The van der Waals surface area contributed by atoms with E-state index in [0.29, 0.717) is 5.69 Å². The molecule has 1 atom stereocenters. The van der Waals surface area contributed by atoms with Crippen molar-refractivity contribution in [2.75, 3.05) is 26.3 Å². The van der Waals surface area contributed by atoms with Gasteiger partial charge in [0, 0.05) is 29.6 Å². The van der Waals surface area contributed by atoms with Crippen LogP contribution in [0.4, 0.5) is 9.59 Å². The molecular weight excluding hydrogens is 548 g/mol. The maximum atomic E-state index is 13.5. The van der Waals surface area contributed by atoms with Gasteiger partial charge >= 0.3 is 12.2 Å². The van der Waals surface area contributed by atoms with Crippen molar-refractivity contribution in [3.8, 4) is 11.1 Å². The molecule has 0 aliphatic carbocycles. The van der Waals surface area contributed by atoms with Gasteiger partial charge in [0.15, 0.2) is 0 Å². The van der Waals surface area contributed by atoms with Crippen LogP contribution in [0, 0.1) is 0 Å². The van der Waals surface area contributed by atoms with E-state index in [1.54, 1.807) is 20.8 Å². The minimum Gasteiger partial charge on any atom is -0.445 e. The number of rotatable bonds is 12. The number of H-pyrrole nitrogens is 1. The number of carbonyl (C=O) groups is 3. The standard InChI is InChI=1S/C33H38N4O6/c1-33(2,3)43-31(39)34-18-19-41-22-25(36-32(40)42-21-23-12-6-4-7-13-23)20-35-30(38)29-28(24-14-8-5-9-15-24)26-16-10-11-17-27(26)37-29/h4-17,25,37H,18-22H2,1-3H3,(H,34,39)(H,35,38)(H,36,40)/t25-/m1/s1. The van der Waals surface area contributed by atoms with Crippen LogP contribution in [0.5, 0.6) is 0 Å². The Bertz CT molecular complexity index is 1500.